The van der Waals surface area contributed by atoms with Crippen molar-refractivity contribution in [3.05, 3.63) is 70.3 Å². The van der Waals surface area contributed by atoms with E-state index >= 15 is 0 Å². The molecule has 0 saturated heterocycles. The van der Waals surface area contributed by atoms with Crippen molar-refractivity contribution in [3.8, 4) is 0 Å². The summed E-state index contributed by atoms with van der Waals surface area (Å²) in [5.74, 6) is -0.427. The van der Waals surface area contributed by atoms with Crippen LogP contribution in [0.15, 0.2) is 58.4 Å². The number of H-pyrrole nitrogens is 1. The van der Waals surface area contributed by atoms with Gasteiger partial charge in [-0.1, -0.05) is 38.8 Å². The first-order chi connectivity index (χ1) is 15.7. The van der Waals surface area contributed by atoms with Gasteiger partial charge in [-0.2, -0.15) is 0 Å². The second-order valence-corrected chi connectivity index (χ2v) is 10.4. The highest BCUT2D eigenvalue weighted by Gasteiger charge is 2.29. The van der Waals surface area contributed by atoms with Gasteiger partial charge in [0, 0.05) is 23.1 Å². The van der Waals surface area contributed by atoms with E-state index in [1.807, 2.05) is 0 Å². The molecular formula is C24H26FN3O4S. The molecule has 1 fully saturated rings. The summed E-state index contributed by atoms with van der Waals surface area (Å²) in [6.07, 6.45) is 4.33. The van der Waals surface area contributed by atoms with Crippen LogP contribution in [-0.4, -0.2) is 25.4 Å². The third-order valence-electron chi connectivity index (χ3n) is 6.55. The maximum Gasteiger partial charge on any atom is 0.262 e. The quantitative estimate of drug-likeness (QED) is 0.522. The SMILES string of the molecule is C[C@H]1[C@H](C)CCC[C@H]1NC(=O)c1c[nH]c2ccc(S(=O)(=O)Nc3ccccc3F)cc2c1=O. The molecule has 9 heteroatoms. The normalized spacial score (nSPS) is 21.0. The molecule has 3 N–H and O–H groups in total. The van der Waals surface area contributed by atoms with Gasteiger partial charge in [0.25, 0.3) is 15.9 Å². The van der Waals surface area contributed by atoms with E-state index in [-0.39, 0.29) is 27.6 Å². The predicted molar refractivity (Wildman–Crippen MR) is 125 cm³/mol. The summed E-state index contributed by atoms with van der Waals surface area (Å²) in [4.78, 5) is 28.7. The minimum Gasteiger partial charge on any atom is -0.360 e. The van der Waals surface area contributed by atoms with Gasteiger partial charge >= 0.3 is 0 Å². The molecule has 1 saturated carbocycles. The third kappa shape index (κ3) is 4.64. The van der Waals surface area contributed by atoms with E-state index in [4.69, 9.17) is 0 Å². The zero-order valence-corrected chi connectivity index (χ0v) is 19.2. The van der Waals surface area contributed by atoms with Gasteiger partial charge in [-0.3, -0.25) is 14.3 Å². The largest absolute Gasteiger partial charge is 0.360 e. The van der Waals surface area contributed by atoms with Gasteiger partial charge in [0.1, 0.15) is 11.4 Å². The topological polar surface area (TPSA) is 108 Å². The molecule has 174 valence electrons. The fraction of sp³-hybridized carbons (Fsp3) is 0.333. The average Bonchev–Trinajstić information content (AvgIpc) is 2.78. The van der Waals surface area contributed by atoms with Gasteiger partial charge in [0.2, 0.25) is 5.43 Å². The number of aromatic amines is 1. The molecule has 1 aliphatic rings. The first-order valence-corrected chi connectivity index (χ1v) is 12.4. The Morgan fingerprint density at radius 3 is 2.64 bits per heavy atom. The van der Waals surface area contributed by atoms with Gasteiger partial charge in [-0.05, 0) is 48.6 Å². The summed E-state index contributed by atoms with van der Waals surface area (Å²) in [5, 5.41) is 3.03. The number of para-hydroxylation sites is 1. The number of sulfonamides is 1. The Hall–Kier alpha value is -3.20. The fourth-order valence-electron chi connectivity index (χ4n) is 4.31. The molecule has 1 heterocycles. The van der Waals surface area contributed by atoms with Crippen LogP contribution in [0.1, 0.15) is 43.5 Å². The Kier molecular flexibility index (Phi) is 6.25. The van der Waals surface area contributed by atoms with E-state index < -0.39 is 27.2 Å². The van der Waals surface area contributed by atoms with Crippen molar-refractivity contribution in [3.63, 3.8) is 0 Å². The van der Waals surface area contributed by atoms with Crippen molar-refractivity contribution >= 4 is 32.5 Å². The molecule has 2 aromatic carbocycles. The lowest BCUT2D eigenvalue weighted by Crippen LogP contribution is -2.44. The van der Waals surface area contributed by atoms with E-state index in [1.165, 1.54) is 42.6 Å². The zero-order chi connectivity index (χ0) is 23.8. The van der Waals surface area contributed by atoms with Crippen molar-refractivity contribution in [2.45, 2.75) is 44.0 Å². The van der Waals surface area contributed by atoms with Gasteiger partial charge < -0.3 is 10.3 Å². The smallest absolute Gasteiger partial charge is 0.262 e. The Labute approximate surface area is 191 Å². The highest BCUT2D eigenvalue weighted by Crippen LogP contribution is 2.29. The number of nitrogens with one attached hydrogen (secondary N) is 3. The highest BCUT2D eigenvalue weighted by molar-refractivity contribution is 7.92. The van der Waals surface area contributed by atoms with E-state index in [0.29, 0.717) is 17.4 Å². The minimum absolute atomic E-state index is 0.0203. The Morgan fingerprint density at radius 2 is 1.88 bits per heavy atom. The molecular weight excluding hydrogens is 445 g/mol. The molecule has 1 amide bonds. The van der Waals surface area contributed by atoms with Gasteiger partial charge in [-0.25, -0.2) is 12.8 Å². The van der Waals surface area contributed by atoms with Gasteiger partial charge in [-0.15, -0.1) is 0 Å². The predicted octanol–water partition coefficient (Wildman–Crippen LogP) is 4.02. The number of anilines is 1. The number of hydrogen-bond donors (Lipinski definition) is 3. The number of aromatic nitrogens is 1. The number of benzene rings is 2. The van der Waals surface area contributed by atoms with E-state index in [1.54, 1.807) is 0 Å². The van der Waals surface area contributed by atoms with Gasteiger partial charge in [0.15, 0.2) is 0 Å². The van der Waals surface area contributed by atoms with Crippen molar-refractivity contribution < 1.29 is 17.6 Å². The minimum atomic E-state index is -4.16. The van der Waals surface area contributed by atoms with E-state index in [9.17, 15) is 22.4 Å². The Morgan fingerprint density at radius 1 is 1.12 bits per heavy atom. The van der Waals surface area contributed by atoms with Crippen LogP contribution in [0.2, 0.25) is 0 Å². The second kappa shape index (κ2) is 8.97. The average molecular weight is 472 g/mol. The summed E-state index contributed by atoms with van der Waals surface area (Å²) in [5.41, 5.74) is -0.457. The first kappa shape index (κ1) is 23.0. The summed E-state index contributed by atoms with van der Waals surface area (Å²) >= 11 is 0. The molecule has 7 nitrogen and oxygen atoms in total. The summed E-state index contributed by atoms with van der Waals surface area (Å²) in [6, 6.07) is 9.32. The number of pyridine rings is 1. The molecule has 4 rings (SSSR count). The monoisotopic (exact) mass is 471 g/mol. The Balaban J connectivity index is 1.65. The lowest BCUT2D eigenvalue weighted by Gasteiger charge is -2.34. The van der Waals surface area contributed by atoms with Gasteiger partial charge in [0.05, 0.1) is 10.6 Å². The fourth-order valence-corrected chi connectivity index (χ4v) is 5.41. The lowest BCUT2D eigenvalue weighted by atomic mass is 9.78. The van der Waals surface area contributed by atoms with E-state index in [0.717, 1.165) is 25.3 Å². The number of halogens is 1. The molecule has 3 aromatic rings. The molecule has 33 heavy (non-hydrogen) atoms. The van der Waals surface area contributed by atoms with E-state index in [2.05, 4.69) is 28.9 Å². The first-order valence-electron chi connectivity index (χ1n) is 10.9. The molecule has 1 aromatic heterocycles. The maximum atomic E-state index is 13.9. The molecule has 0 aliphatic heterocycles. The molecule has 0 spiro atoms. The number of carbonyl (C=O) groups is 1. The number of hydrogen-bond acceptors (Lipinski definition) is 4. The molecule has 0 radical (unpaired) electrons. The van der Waals surface area contributed by atoms with Crippen LogP contribution in [0.4, 0.5) is 10.1 Å². The Bertz CT molecular complexity index is 1370. The maximum absolute atomic E-state index is 13.9. The van der Waals surface area contributed by atoms with Crippen LogP contribution in [0.5, 0.6) is 0 Å². The van der Waals surface area contributed by atoms with Crippen molar-refractivity contribution in [2.24, 2.45) is 11.8 Å². The molecule has 3 atom stereocenters. The van der Waals surface area contributed by atoms with Crippen LogP contribution in [0, 0.1) is 17.7 Å². The standard InChI is InChI=1S/C24H26FN3O4S/c1-14-6-5-9-20(15(14)2)27-24(30)18-13-26-21-11-10-16(12-17(21)23(18)29)33(31,32)28-22-8-4-3-7-19(22)25/h3-4,7-8,10-15,20,28H,5-6,9H2,1-2H3,(H,26,29)(H,27,30)/t14-,15+,20-/m1/s1. The van der Waals surface area contributed by atoms with Crippen LogP contribution >= 0.6 is 0 Å². The molecule has 1 aliphatic carbocycles. The van der Waals surface area contributed by atoms with Crippen LogP contribution in [-0.2, 0) is 10.0 Å². The van der Waals surface area contributed by atoms with Crippen molar-refractivity contribution in [2.75, 3.05) is 4.72 Å². The summed E-state index contributed by atoms with van der Waals surface area (Å²) < 4.78 is 41.7. The lowest BCUT2D eigenvalue weighted by molar-refractivity contribution is 0.0890. The summed E-state index contributed by atoms with van der Waals surface area (Å²) in [6.45, 7) is 4.25. The number of rotatable bonds is 5. The molecule has 0 unspecified atom stereocenters. The number of amides is 1. The van der Waals surface area contributed by atoms with Crippen molar-refractivity contribution in [1.82, 2.24) is 10.3 Å². The highest BCUT2D eigenvalue weighted by atomic mass is 32.2. The number of carbonyl (C=O) groups excluding carboxylic acids is 1. The van der Waals surface area contributed by atoms with Crippen LogP contribution in [0.25, 0.3) is 10.9 Å². The molecule has 0 bridgehead atoms. The number of fused-ring (bicyclic) bond motifs is 1. The van der Waals surface area contributed by atoms with Crippen LogP contribution in [0.3, 0.4) is 0 Å². The van der Waals surface area contributed by atoms with Crippen LogP contribution < -0.4 is 15.5 Å². The second-order valence-electron chi connectivity index (χ2n) is 8.67. The summed E-state index contributed by atoms with van der Waals surface area (Å²) in [7, 11) is -4.16. The van der Waals surface area contributed by atoms with Crippen molar-refractivity contribution in [1.29, 1.82) is 0 Å². The zero-order valence-electron chi connectivity index (χ0n) is 18.4. The third-order valence-corrected chi connectivity index (χ3v) is 7.91.